The highest BCUT2D eigenvalue weighted by atomic mass is 19.1. The Balaban J connectivity index is 1.64. The highest BCUT2D eigenvalue weighted by Crippen LogP contribution is 2.30. The summed E-state index contributed by atoms with van der Waals surface area (Å²) in [6, 6.07) is 10.2. The first-order chi connectivity index (χ1) is 13.5. The fourth-order valence-corrected chi connectivity index (χ4v) is 3.00. The van der Waals surface area contributed by atoms with Gasteiger partial charge >= 0.3 is 0 Å². The fourth-order valence-electron chi connectivity index (χ4n) is 3.00. The summed E-state index contributed by atoms with van der Waals surface area (Å²) in [4.78, 5) is 21.2. The Morgan fingerprint density at radius 2 is 1.96 bits per heavy atom. The molecule has 0 bridgehead atoms. The molecule has 2 N–H and O–H groups in total. The number of nitrogens with zero attached hydrogens (tertiary/aromatic N) is 4. The van der Waals surface area contributed by atoms with E-state index in [0.717, 1.165) is 5.69 Å². The van der Waals surface area contributed by atoms with E-state index in [0.29, 0.717) is 22.9 Å². The van der Waals surface area contributed by atoms with Crippen LogP contribution in [0.4, 0.5) is 10.2 Å². The Kier molecular flexibility index (Phi) is 4.64. The van der Waals surface area contributed by atoms with Crippen LogP contribution in [0.5, 0.6) is 0 Å². The Morgan fingerprint density at radius 1 is 1.21 bits per heavy atom. The number of amides is 1. The van der Waals surface area contributed by atoms with E-state index in [1.54, 1.807) is 48.8 Å². The van der Waals surface area contributed by atoms with E-state index >= 15 is 0 Å². The highest BCUT2D eigenvalue weighted by molar-refractivity contribution is 6.04. The van der Waals surface area contributed by atoms with Crippen LogP contribution in [-0.4, -0.2) is 38.7 Å². The zero-order valence-corrected chi connectivity index (χ0v) is 15.7. The molecule has 0 unspecified atom stereocenters. The van der Waals surface area contributed by atoms with Crippen molar-refractivity contribution in [3.63, 3.8) is 0 Å². The minimum absolute atomic E-state index is 0.168. The number of halogens is 1. The summed E-state index contributed by atoms with van der Waals surface area (Å²) in [6.45, 7) is 4.55. The van der Waals surface area contributed by atoms with Gasteiger partial charge in [0.25, 0.3) is 11.9 Å². The second-order valence-electron chi connectivity index (χ2n) is 7.17. The third-order valence-electron chi connectivity index (χ3n) is 4.76. The smallest absolute Gasteiger partial charge is 0.256 e. The van der Waals surface area contributed by atoms with Crippen molar-refractivity contribution in [1.82, 2.24) is 25.1 Å². The molecule has 144 valence electrons. The van der Waals surface area contributed by atoms with Gasteiger partial charge in [-0.05, 0) is 29.7 Å². The predicted molar refractivity (Wildman–Crippen MR) is 103 cm³/mol. The van der Waals surface area contributed by atoms with E-state index in [1.807, 2.05) is 13.8 Å². The van der Waals surface area contributed by atoms with Gasteiger partial charge in [0.05, 0.1) is 5.69 Å². The highest BCUT2D eigenvalue weighted by Gasteiger charge is 2.39. The van der Waals surface area contributed by atoms with Crippen molar-refractivity contribution >= 4 is 11.7 Å². The van der Waals surface area contributed by atoms with E-state index in [1.165, 1.54) is 4.68 Å². The number of hydrogen-bond acceptors (Lipinski definition) is 5. The van der Waals surface area contributed by atoms with Crippen LogP contribution in [0.3, 0.4) is 0 Å². The van der Waals surface area contributed by atoms with Crippen LogP contribution in [0.25, 0.3) is 5.95 Å². The van der Waals surface area contributed by atoms with Crippen molar-refractivity contribution in [1.29, 1.82) is 0 Å². The first-order valence-corrected chi connectivity index (χ1v) is 9.15. The lowest BCUT2D eigenvalue weighted by molar-refractivity contribution is 0.0889. The molecule has 0 spiro atoms. The number of carbonyl (C=O) groups excluding carboxylic acids is 1. The monoisotopic (exact) mass is 380 g/mol. The minimum atomic E-state index is -1.42. The molecule has 3 aromatic rings. The van der Waals surface area contributed by atoms with Crippen molar-refractivity contribution in [3.8, 4) is 5.95 Å². The SMILES string of the molecule is CC(C)c1cc(NC(=O)c2cccc(C3(F)CNC3)c2)n(-c2ncccn2)n1. The number of aromatic nitrogens is 4. The molecule has 8 heteroatoms. The Hall–Kier alpha value is -3.13. The summed E-state index contributed by atoms with van der Waals surface area (Å²) in [5, 5.41) is 10.3. The molecule has 4 rings (SSSR count). The maximum absolute atomic E-state index is 14.7. The lowest BCUT2D eigenvalue weighted by atomic mass is 9.89. The molecule has 0 saturated carbocycles. The average molecular weight is 380 g/mol. The number of alkyl halides is 1. The lowest BCUT2D eigenvalue weighted by Crippen LogP contribution is -2.53. The third kappa shape index (κ3) is 3.38. The van der Waals surface area contributed by atoms with Crippen molar-refractivity contribution in [2.24, 2.45) is 0 Å². The lowest BCUT2D eigenvalue weighted by Gasteiger charge is -2.35. The molecule has 28 heavy (non-hydrogen) atoms. The molecule has 1 aliphatic heterocycles. The number of anilines is 1. The molecule has 1 aromatic carbocycles. The van der Waals surface area contributed by atoms with Gasteiger partial charge in [0.15, 0.2) is 5.67 Å². The maximum Gasteiger partial charge on any atom is 0.256 e. The maximum atomic E-state index is 14.7. The molecule has 1 fully saturated rings. The molecule has 0 radical (unpaired) electrons. The van der Waals surface area contributed by atoms with Crippen molar-refractivity contribution < 1.29 is 9.18 Å². The largest absolute Gasteiger partial charge is 0.310 e. The molecule has 2 aromatic heterocycles. The van der Waals surface area contributed by atoms with E-state index in [9.17, 15) is 9.18 Å². The summed E-state index contributed by atoms with van der Waals surface area (Å²) < 4.78 is 16.2. The Morgan fingerprint density at radius 3 is 2.61 bits per heavy atom. The van der Waals surface area contributed by atoms with Crippen molar-refractivity contribution in [3.05, 3.63) is 65.6 Å². The van der Waals surface area contributed by atoms with Crippen LogP contribution in [-0.2, 0) is 5.67 Å². The van der Waals surface area contributed by atoms with Crippen LogP contribution < -0.4 is 10.6 Å². The van der Waals surface area contributed by atoms with Gasteiger partial charge in [-0.25, -0.2) is 14.4 Å². The first kappa shape index (κ1) is 18.2. The van der Waals surface area contributed by atoms with Gasteiger partial charge in [-0.3, -0.25) is 4.79 Å². The Labute approximate surface area is 162 Å². The van der Waals surface area contributed by atoms with Gasteiger partial charge in [-0.15, -0.1) is 0 Å². The number of rotatable bonds is 5. The van der Waals surface area contributed by atoms with Gasteiger partial charge in [0, 0.05) is 37.1 Å². The summed E-state index contributed by atoms with van der Waals surface area (Å²) in [7, 11) is 0. The third-order valence-corrected chi connectivity index (χ3v) is 4.76. The van der Waals surface area contributed by atoms with Crippen LogP contribution in [0.1, 0.15) is 41.4 Å². The van der Waals surface area contributed by atoms with Crippen LogP contribution in [0, 0.1) is 0 Å². The second kappa shape index (κ2) is 7.12. The number of carbonyl (C=O) groups is 1. The van der Waals surface area contributed by atoms with Crippen LogP contribution in [0.2, 0.25) is 0 Å². The van der Waals surface area contributed by atoms with Gasteiger partial charge in [-0.1, -0.05) is 26.0 Å². The van der Waals surface area contributed by atoms with Gasteiger partial charge in [-0.2, -0.15) is 9.78 Å². The molecule has 0 atom stereocenters. The first-order valence-electron chi connectivity index (χ1n) is 9.15. The molecule has 1 aliphatic rings. The topological polar surface area (TPSA) is 84.7 Å². The van der Waals surface area contributed by atoms with Crippen LogP contribution >= 0.6 is 0 Å². The zero-order chi connectivity index (χ0) is 19.7. The Bertz CT molecular complexity index is 997. The summed E-state index contributed by atoms with van der Waals surface area (Å²) in [5.74, 6) is 0.652. The second-order valence-corrected chi connectivity index (χ2v) is 7.17. The van der Waals surface area contributed by atoms with Gasteiger partial charge in [0.1, 0.15) is 5.82 Å². The van der Waals surface area contributed by atoms with Crippen LogP contribution in [0.15, 0.2) is 48.8 Å². The molecule has 0 aliphatic carbocycles. The van der Waals surface area contributed by atoms with E-state index in [2.05, 4.69) is 25.7 Å². The molecule has 1 saturated heterocycles. The molecule has 3 heterocycles. The zero-order valence-electron chi connectivity index (χ0n) is 15.7. The van der Waals surface area contributed by atoms with E-state index < -0.39 is 5.67 Å². The summed E-state index contributed by atoms with van der Waals surface area (Å²) in [6.07, 6.45) is 3.23. The summed E-state index contributed by atoms with van der Waals surface area (Å²) in [5.41, 5.74) is 0.275. The standard InChI is InChI=1S/C20H21FN6O/c1-13(2)16-10-17(27(26-16)19-23-7-4-8-24-19)25-18(28)14-5-3-6-15(9-14)20(21)11-22-12-20/h3-10,13,22H,11-12H2,1-2H3,(H,25,28). The number of benzene rings is 1. The summed E-state index contributed by atoms with van der Waals surface area (Å²) >= 11 is 0. The minimum Gasteiger partial charge on any atom is -0.310 e. The van der Waals surface area contributed by atoms with Gasteiger partial charge < -0.3 is 10.6 Å². The number of nitrogens with one attached hydrogen (secondary N) is 2. The van der Waals surface area contributed by atoms with Crippen molar-refractivity contribution in [2.45, 2.75) is 25.4 Å². The molecule has 1 amide bonds. The van der Waals surface area contributed by atoms with E-state index in [-0.39, 0.29) is 24.9 Å². The predicted octanol–water partition coefficient (Wildman–Crippen LogP) is 2.81. The van der Waals surface area contributed by atoms with E-state index in [4.69, 9.17) is 0 Å². The number of hydrogen-bond donors (Lipinski definition) is 2. The normalized spacial score (nSPS) is 15.3. The molecular weight excluding hydrogens is 359 g/mol. The quantitative estimate of drug-likeness (QED) is 0.711. The average Bonchev–Trinajstić information content (AvgIpc) is 3.11. The molecule has 7 nitrogen and oxygen atoms in total. The fraction of sp³-hybridized carbons (Fsp3) is 0.300. The van der Waals surface area contributed by atoms with Crippen molar-refractivity contribution in [2.75, 3.05) is 18.4 Å². The molecular formula is C20H21FN6O. The van der Waals surface area contributed by atoms with Gasteiger partial charge in [0.2, 0.25) is 0 Å².